The molecule has 0 aliphatic heterocycles. The number of rotatable bonds is 8. The normalized spacial score (nSPS) is 19.8. The van der Waals surface area contributed by atoms with Crippen LogP contribution in [0.1, 0.15) is 50.2 Å². The van der Waals surface area contributed by atoms with Crippen LogP contribution in [0.2, 0.25) is 0 Å². The molecule has 2 aromatic rings. The summed E-state index contributed by atoms with van der Waals surface area (Å²) in [4.78, 5) is 5.42. The topological polar surface area (TPSA) is 30.8 Å². The average molecular weight is 337 g/mol. The molecule has 0 bridgehead atoms. The minimum Gasteiger partial charge on any atom is -0.490 e. The molecule has 3 nitrogen and oxygen atoms in total. The number of hydrogen-bond acceptors (Lipinski definition) is 3. The molecule has 1 aliphatic carbocycles. The Kier molecular flexibility index (Phi) is 5.75. The lowest BCUT2D eigenvalue weighted by atomic mass is 9.99. The highest BCUT2D eigenvalue weighted by molar-refractivity contribution is 5.87. The molecule has 25 heavy (non-hydrogen) atoms. The van der Waals surface area contributed by atoms with E-state index in [1.165, 1.54) is 17.5 Å². The van der Waals surface area contributed by atoms with Gasteiger partial charge in [0.25, 0.3) is 0 Å². The predicted molar refractivity (Wildman–Crippen MR) is 102 cm³/mol. The van der Waals surface area contributed by atoms with Crippen molar-refractivity contribution in [1.29, 1.82) is 0 Å². The maximum Gasteiger partial charge on any atom is 0.151 e. The van der Waals surface area contributed by atoms with E-state index in [-0.39, 0.29) is 0 Å². The van der Waals surface area contributed by atoms with Gasteiger partial charge in [-0.05, 0) is 48.4 Å². The summed E-state index contributed by atoms with van der Waals surface area (Å²) in [6.45, 7) is 7.48. The number of oxime groups is 1. The molecule has 132 valence electrons. The van der Waals surface area contributed by atoms with Gasteiger partial charge in [0, 0.05) is 5.92 Å². The molecule has 3 rings (SSSR count). The minimum absolute atomic E-state index is 0.465. The van der Waals surface area contributed by atoms with Crippen LogP contribution in [0, 0.1) is 5.92 Å². The van der Waals surface area contributed by atoms with Crippen molar-refractivity contribution in [3.05, 3.63) is 65.7 Å². The molecule has 1 saturated carbocycles. The van der Waals surface area contributed by atoms with Crippen molar-refractivity contribution in [1.82, 2.24) is 0 Å². The summed E-state index contributed by atoms with van der Waals surface area (Å²) in [7, 11) is 0. The van der Waals surface area contributed by atoms with Crippen molar-refractivity contribution in [2.75, 3.05) is 13.2 Å². The van der Waals surface area contributed by atoms with E-state index < -0.39 is 0 Å². The van der Waals surface area contributed by atoms with E-state index in [2.05, 4.69) is 50.2 Å². The van der Waals surface area contributed by atoms with Crippen molar-refractivity contribution in [3.63, 3.8) is 0 Å². The van der Waals surface area contributed by atoms with Crippen LogP contribution < -0.4 is 4.74 Å². The standard InChI is InChI=1S/C22H27NO2/c1-16(2)18-9-11-19(12-10-18)22-15-21(22)17(3)23-25-14-13-24-20-7-5-4-6-8-20/h4-12,16,21-22H,13-15H2,1-3H3/b23-17+. The van der Waals surface area contributed by atoms with Gasteiger partial charge in [0.2, 0.25) is 0 Å². The lowest BCUT2D eigenvalue weighted by molar-refractivity contribution is 0.106. The summed E-state index contributed by atoms with van der Waals surface area (Å²) in [6, 6.07) is 18.8. The summed E-state index contributed by atoms with van der Waals surface area (Å²) in [5.74, 6) is 2.55. The molecule has 2 unspecified atom stereocenters. The van der Waals surface area contributed by atoms with Crippen molar-refractivity contribution in [3.8, 4) is 5.75 Å². The van der Waals surface area contributed by atoms with Crippen LogP contribution in [0.5, 0.6) is 5.75 Å². The second-order valence-corrected chi connectivity index (χ2v) is 7.00. The third-order valence-corrected chi connectivity index (χ3v) is 4.75. The number of hydrogen-bond donors (Lipinski definition) is 0. The maximum absolute atomic E-state index is 5.59. The smallest absolute Gasteiger partial charge is 0.151 e. The first-order valence-electron chi connectivity index (χ1n) is 9.09. The highest BCUT2D eigenvalue weighted by Crippen LogP contribution is 2.48. The third kappa shape index (κ3) is 4.85. The fraction of sp³-hybridized carbons (Fsp3) is 0.409. The molecule has 0 heterocycles. The lowest BCUT2D eigenvalue weighted by Gasteiger charge is -2.07. The Hall–Kier alpha value is -2.29. The first kappa shape index (κ1) is 17.5. The zero-order chi connectivity index (χ0) is 17.6. The van der Waals surface area contributed by atoms with E-state index in [1.54, 1.807) is 0 Å². The van der Waals surface area contributed by atoms with Gasteiger partial charge in [-0.1, -0.05) is 61.5 Å². The van der Waals surface area contributed by atoms with Crippen LogP contribution in [-0.2, 0) is 4.84 Å². The molecule has 0 saturated heterocycles. The lowest BCUT2D eigenvalue weighted by Crippen LogP contribution is -2.06. The van der Waals surface area contributed by atoms with E-state index in [9.17, 15) is 0 Å². The summed E-state index contributed by atoms with van der Waals surface area (Å²) >= 11 is 0. The van der Waals surface area contributed by atoms with Crippen LogP contribution >= 0.6 is 0 Å². The predicted octanol–water partition coefficient (Wildman–Crippen LogP) is 5.39. The van der Waals surface area contributed by atoms with Crippen LogP contribution in [0.25, 0.3) is 0 Å². The fourth-order valence-corrected chi connectivity index (χ4v) is 3.08. The van der Waals surface area contributed by atoms with Gasteiger partial charge in [-0.2, -0.15) is 0 Å². The SMILES string of the molecule is C/C(=N\OCCOc1ccccc1)C1CC1c1ccc(C(C)C)cc1. The fourth-order valence-electron chi connectivity index (χ4n) is 3.08. The van der Waals surface area contributed by atoms with Crippen LogP contribution in [-0.4, -0.2) is 18.9 Å². The molecule has 2 atom stereocenters. The van der Waals surface area contributed by atoms with Crippen molar-refractivity contribution in [2.24, 2.45) is 11.1 Å². The number of benzene rings is 2. The van der Waals surface area contributed by atoms with E-state index in [0.717, 1.165) is 11.5 Å². The molecular weight excluding hydrogens is 310 g/mol. The van der Waals surface area contributed by atoms with Crippen molar-refractivity contribution < 1.29 is 9.57 Å². The van der Waals surface area contributed by atoms with E-state index in [0.29, 0.717) is 31.0 Å². The molecule has 1 fully saturated rings. The largest absolute Gasteiger partial charge is 0.490 e. The minimum atomic E-state index is 0.465. The Morgan fingerprint density at radius 1 is 1.04 bits per heavy atom. The quantitative estimate of drug-likeness (QED) is 0.367. The van der Waals surface area contributed by atoms with E-state index in [1.807, 2.05) is 30.3 Å². The molecular formula is C22H27NO2. The van der Waals surface area contributed by atoms with Crippen LogP contribution in [0.3, 0.4) is 0 Å². The number of ether oxygens (including phenoxy) is 1. The van der Waals surface area contributed by atoms with E-state index >= 15 is 0 Å². The summed E-state index contributed by atoms with van der Waals surface area (Å²) < 4.78 is 5.59. The molecule has 0 spiro atoms. The Morgan fingerprint density at radius 3 is 2.44 bits per heavy atom. The second-order valence-electron chi connectivity index (χ2n) is 7.00. The zero-order valence-electron chi connectivity index (χ0n) is 15.3. The number of nitrogens with zero attached hydrogens (tertiary/aromatic N) is 1. The van der Waals surface area contributed by atoms with Gasteiger partial charge in [0.15, 0.2) is 6.61 Å². The van der Waals surface area contributed by atoms with Crippen molar-refractivity contribution in [2.45, 2.75) is 39.0 Å². The Morgan fingerprint density at radius 2 is 1.76 bits per heavy atom. The second kappa shape index (κ2) is 8.19. The van der Waals surface area contributed by atoms with E-state index in [4.69, 9.17) is 9.57 Å². The highest BCUT2D eigenvalue weighted by atomic mass is 16.6. The monoisotopic (exact) mass is 337 g/mol. The molecule has 1 aliphatic rings. The van der Waals surface area contributed by atoms with Crippen LogP contribution in [0.15, 0.2) is 59.8 Å². The third-order valence-electron chi connectivity index (χ3n) is 4.75. The summed E-state index contributed by atoms with van der Waals surface area (Å²) in [5.41, 5.74) is 3.89. The van der Waals surface area contributed by atoms with Gasteiger partial charge in [-0.25, -0.2) is 0 Å². The molecule has 3 heteroatoms. The average Bonchev–Trinajstić information content (AvgIpc) is 3.43. The summed E-state index contributed by atoms with van der Waals surface area (Å²) in [6.07, 6.45) is 1.17. The van der Waals surface area contributed by atoms with Gasteiger partial charge < -0.3 is 9.57 Å². The zero-order valence-corrected chi connectivity index (χ0v) is 15.3. The van der Waals surface area contributed by atoms with Crippen LogP contribution in [0.4, 0.5) is 0 Å². The van der Waals surface area contributed by atoms with Gasteiger partial charge >= 0.3 is 0 Å². The summed E-state index contributed by atoms with van der Waals surface area (Å²) in [5, 5.41) is 4.28. The van der Waals surface area contributed by atoms with Gasteiger partial charge in [-0.15, -0.1) is 0 Å². The molecule has 0 amide bonds. The maximum atomic E-state index is 5.59. The van der Waals surface area contributed by atoms with Gasteiger partial charge in [-0.3, -0.25) is 0 Å². The molecule has 0 aromatic heterocycles. The Balaban J connectivity index is 1.41. The van der Waals surface area contributed by atoms with Crippen molar-refractivity contribution >= 4 is 5.71 Å². The first-order valence-corrected chi connectivity index (χ1v) is 9.09. The van der Waals surface area contributed by atoms with Gasteiger partial charge in [0.05, 0.1) is 5.71 Å². The Labute approximate surface area is 150 Å². The molecule has 0 radical (unpaired) electrons. The number of para-hydroxylation sites is 1. The molecule has 0 N–H and O–H groups in total. The Bertz CT molecular complexity index is 692. The first-order chi connectivity index (χ1) is 12.1. The van der Waals surface area contributed by atoms with Gasteiger partial charge in [0.1, 0.15) is 12.4 Å². The molecule has 2 aromatic carbocycles. The highest BCUT2D eigenvalue weighted by Gasteiger charge is 2.40.